The maximum atomic E-state index is 12.9. The van der Waals surface area contributed by atoms with Gasteiger partial charge in [-0.05, 0) is 26.0 Å². The number of amides is 1. The first-order valence-electron chi connectivity index (χ1n) is 8.67. The van der Waals surface area contributed by atoms with Gasteiger partial charge in [0.15, 0.2) is 0 Å². The van der Waals surface area contributed by atoms with Crippen LogP contribution in [0, 0.1) is 0 Å². The van der Waals surface area contributed by atoms with E-state index in [4.69, 9.17) is 9.15 Å². The van der Waals surface area contributed by atoms with Crippen molar-refractivity contribution in [3.05, 3.63) is 72.0 Å². The molecule has 134 valence electrons. The van der Waals surface area contributed by atoms with Crippen molar-refractivity contribution in [1.82, 2.24) is 4.90 Å². The van der Waals surface area contributed by atoms with Gasteiger partial charge in [-0.1, -0.05) is 48.5 Å². The SMILES string of the molecule is CCN(CC)C(=O)[C@H](OC(=O)c1cc2ccccc2o1)c1ccccc1. The van der Waals surface area contributed by atoms with Gasteiger partial charge in [-0.25, -0.2) is 4.79 Å². The Hall–Kier alpha value is -3.08. The van der Waals surface area contributed by atoms with Crippen LogP contribution in [-0.2, 0) is 9.53 Å². The third-order valence-corrected chi connectivity index (χ3v) is 4.25. The number of hydrogen-bond donors (Lipinski definition) is 0. The molecule has 0 spiro atoms. The van der Waals surface area contributed by atoms with Gasteiger partial charge in [0.2, 0.25) is 11.9 Å². The number of hydrogen-bond acceptors (Lipinski definition) is 4. The Kier molecular flexibility index (Phi) is 5.37. The van der Waals surface area contributed by atoms with E-state index < -0.39 is 12.1 Å². The maximum Gasteiger partial charge on any atom is 0.375 e. The van der Waals surface area contributed by atoms with Crippen molar-refractivity contribution in [3.8, 4) is 0 Å². The summed E-state index contributed by atoms with van der Waals surface area (Å²) in [5, 5.41) is 0.811. The molecule has 0 fully saturated rings. The lowest BCUT2D eigenvalue weighted by Gasteiger charge is -2.25. The fourth-order valence-electron chi connectivity index (χ4n) is 2.84. The molecule has 5 heteroatoms. The predicted molar refractivity (Wildman–Crippen MR) is 98.7 cm³/mol. The van der Waals surface area contributed by atoms with E-state index in [-0.39, 0.29) is 11.7 Å². The second-order valence-corrected chi connectivity index (χ2v) is 5.86. The van der Waals surface area contributed by atoms with Gasteiger partial charge in [0.05, 0.1) is 0 Å². The number of carbonyl (C=O) groups excluding carboxylic acids is 2. The van der Waals surface area contributed by atoms with Gasteiger partial charge in [0.25, 0.3) is 5.91 Å². The molecule has 0 aliphatic carbocycles. The summed E-state index contributed by atoms with van der Waals surface area (Å²) in [6, 6.07) is 18.0. The third-order valence-electron chi connectivity index (χ3n) is 4.25. The molecule has 0 aliphatic rings. The first-order chi connectivity index (χ1) is 12.6. The molecular formula is C21H21NO4. The van der Waals surface area contributed by atoms with Crippen LogP contribution in [-0.4, -0.2) is 29.9 Å². The van der Waals surface area contributed by atoms with Crippen molar-refractivity contribution in [2.75, 3.05) is 13.1 Å². The number of rotatable bonds is 6. The average Bonchev–Trinajstić information content (AvgIpc) is 3.12. The van der Waals surface area contributed by atoms with E-state index in [0.717, 1.165) is 5.39 Å². The summed E-state index contributed by atoms with van der Waals surface area (Å²) in [6.45, 7) is 4.87. The zero-order valence-corrected chi connectivity index (χ0v) is 14.8. The number of benzene rings is 2. The molecule has 1 atom stereocenters. The topological polar surface area (TPSA) is 59.8 Å². The number of esters is 1. The zero-order valence-electron chi connectivity index (χ0n) is 14.8. The molecule has 5 nitrogen and oxygen atoms in total. The first-order valence-corrected chi connectivity index (χ1v) is 8.67. The highest BCUT2D eigenvalue weighted by Crippen LogP contribution is 2.25. The van der Waals surface area contributed by atoms with Crippen molar-refractivity contribution >= 4 is 22.8 Å². The zero-order chi connectivity index (χ0) is 18.5. The van der Waals surface area contributed by atoms with Crippen LogP contribution in [0.4, 0.5) is 0 Å². The Labute approximate surface area is 152 Å². The molecule has 0 bridgehead atoms. The minimum atomic E-state index is -1.00. The summed E-state index contributed by atoms with van der Waals surface area (Å²) in [4.78, 5) is 27.1. The van der Waals surface area contributed by atoms with E-state index in [1.807, 2.05) is 50.2 Å². The summed E-state index contributed by atoms with van der Waals surface area (Å²) in [5.74, 6) is -0.819. The normalized spacial score (nSPS) is 11.9. The fourth-order valence-corrected chi connectivity index (χ4v) is 2.84. The molecule has 0 radical (unpaired) electrons. The molecule has 3 rings (SSSR count). The van der Waals surface area contributed by atoms with Gasteiger partial charge >= 0.3 is 5.97 Å². The highest BCUT2D eigenvalue weighted by molar-refractivity contribution is 5.94. The molecule has 1 amide bonds. The van der Waals surface area contributed by atoms with Gasteiger partial charge < -0.3 is 14.1 Å². The largest absolute Gasteiger partial charge is 0.449 e. The molecule has 0 aliphatic heterocycles. The highest BCUT2D eigenvalue weighted by atomic mass is 16.6. The molecule has 26 heavy (non-hydrogen) atoms. The number of furan rings is 1. The first kappa shape index (κ1) is 17.7. The Balaban J connectivity index is 1.89. The minimum Gasteiger partial charge on any atom is -0.449 e. The Morgan fingerprint density at radius 1 is 1.00 bits per heavy atom. The van der Waals surface area contributed by atoms with Gasteiger partial charge in [-0.15, -0.1) is 0 Å². The Bertz CT molecular complexity index is 864. The molecule has 1 aromatic heterocycles. The van der Waals surface area contributed by atoms with Gasteiger partial charge in [-0.2, -0.15) is 0 Å². The number of para-hydroxylation sites is 1. The standard InChI is InChI=1S/C21H21NO4/c1-3-22(4-2)20(23)19(15-10-6-5-7-11-15)26-21(24)18-14-16-12-8-9-13-17(16)25-18/h5-14,19H,3-4H2,1-2H3/t19-/m1/s1. The number of ether oxygens (including phenoxy) is 1. The van der Waals surface area contributed by atoms with Gasteiger partial charge in [0.1, 0.15) is 5.58 Å². The summed E-state index contributed by atoms with van der Waals surface area (Å²) < 4.78 is 11.1. The second-order valence-electron chi connectivity index (χ2n) is 5.86. The van der Waals surface area contributed by atoms with Crippen LogP contribution in [0.3, 0.4) is 0 Å². The van der Waals surface area contributed by atoms with Crippen molar-refractivity contribution in [1.29, 1.82) is 0 Å². The second kappa shape index (κ2) is 7.87. The fraction of sp³-hybridized carbons (Fsp3) is 0.238. The van der Waals surface area contributed by atoms with E-state index in [2.05, 4.69) is 0 Å². The molecule has 0 saturated heterocycles. The van der Waals surface area contributed by atoms with Crippen LogP contribution >= 0.6 is 0 Å². The molecule has 0 N–H and O–H groups in total. The van der Waals surface area contributed by atoms with Crippen LogP contribution in [0.2, 0.25) is 0 Å². The van der Waals surface area contributed by atoms with Crippen molar-refractivity contribution < 1.29 is 18.7 Å². The number of likely N-dealkylation sites (N-methyl/N-ethyl adjacent to an activating group) is 1. The van der Waals surface area contributed by atoms with Gasteiger partial charge in [0, 0.05) is 24.0 Å². The molecule has 0 unspecified atom stereocenters. The van der Waals surface area contributed by atoms with E-state index in [0.29, 0.717) is 24.2 Å². The molecule has 2 aromatic carbocycles. The van der Waals surface area contributed by atoms with Crippen LogP contribution in [0.5, 0.6) is 0 Å². The van der Waals surface area contributed by atoms with E-state index in [9.17, 15) is 9.59 Å². The van der Waals surface area contributed by atoms with Gasteiger partial charge in [-0.3, -0.25) is 4.79 Å². The van der Waals surface area contributed by atoms with Crippen LogP contribution in [0.1, 0.15) is 36.1 Å². The van der Waals surface area contributed by atoms with Crippen molar-refractivity contribution in [3.63, 3.8) is 0 Å². The summed E-state index contributed by atoms with van der Waals surface area (Å²) >= 11 is 0. The number of nitrogens with zero attached hydrogens (tertiary/aromatic N) is 1. The van der Waals surface area contributed by atoms with Crippen molar-refractivity contribution in [2.24, 2.45) is 0 Å². The quantitative estimate of drug-likeness (QED) is 0.625. The molecule has 0 saturated carbocycles. The van der Waals surface area contributed by atoms with Crippen molar-refractivity contribution in [2.45, 2.75) is 20.0 Å². The average molecular weight is 351 g/mol. The van der Waals surface area contributed by atoms with E-state index >= 15 is 0 Å². The number of carbonyl (C=O) groups is 2. The van der Waals surface area contributed by atoms with E-state index in [1.54, 1.807) is 29.2 Å². The monoisotopic (exact) mass is 351 g/mol. The summed E-state index contributed by atoms with van der Waals surface area (Å²) in [5.41, 5.74) is 1.24. The molecule has 3 aromatic rings. The lowest BCUT2D eigenvalue weighted by atomic mass is 10.1. The smallest absolute Gasteiger partial charge is 0.375 e. The molecule has 1 heterocycles. The number of fused-ring (bicyclic) bond motifs is 1. The third kappa shape index (κ3) is 3.61. The van der Waals surface area contributed by atoms with Crippen LogP contribution in [0.15, 0.2) is 65.1 Å². The summed E-state index contributed by atoms with van der Waals surface area (Å²) in [6.07, 6.45) is -1.00. The lowest BCUT2D eigenvalue weighted by molar-refractivity contribution is -0.140. The van der Waals surface area contributed by atoms with Crippen LogP contribution in [0.25, 0.3) is 11.0 Å². The predicted octanol–water partition coefficient (Wildman–Crippen LogP) is 4.20. The summed E-state index contributed by atoms with van der Waals surface area (Å²) in [7, 11) is 0. The minimum absolute atomic E-state index is 0.0829. The molecular weight excluding hydrogens is 330 g/mol. The van der Waals surface area contributed by atoms with Crippen LogP contribution < -0.4 is 0 Å². The highest BCUT2D eigenvalue weighted by Gasteiger charge is 2.29. The lowest BCUT2D eigenvalue weighted by Crippen LogP contribution is -2.36. The maximum absolute atomic E-state index is 12.9. The van der Waals surface area contributed by atoms with E-state index in [1.165, 1.54) is 0 Å². The Morgan fingerprint density at radius 3 is 2.31 bits per heavy atom. The Morgan fingerprint density at radius 2 is 1.65 bits per heavy atom.